The maximum absolute atomic E-state index is 13.0. The molecule has 4 nitrogen and oxygen atoms in total. The minimum atomic E-state index is -0.425. The van der Waals surface area contributed by atoms with Crippen LogP contribution in [0.25, 0.3) is 0 Å². The van der Waals surface area contributed by atoms with E-state index in [2.05, 4.69) is 39.4 Å². The van der Waals surface area contributed by atoms with Gasteiger partial charge in [0, 0.05) is 24.8 Å². The molecule has 2 saturated heterocycles. The largest absolute Gasteiger partial charge is 0.339 e. The maximum atomic E-state index is 13.0. The third-order valence-corrected chi connectivity index (χ3v) is 8.34. The quantitative estimate of drug-likeness (QED) is 0.665. The Kier molecular flexibility index (Phi) is 5.89. The van der Waals surface area contributed by atoms with Crippen LogP contribution in [0, 0.1) is 0 Å². The summed E-state index contributed by atoms with van der Waals surface area (Å²) >= 11 is 12.5. The highest BCUT2D eigenvalue weighted by atomic mass is 35.5. The van der Waals surface area contributed by atoms with E-state index >= 15 is 0 Å². The second-order valence-corrected chi connectivity index (χ2v) is 9.94. The van der Waals surface area contributed by atoms with Crippen LogP contribution in [0.3, 0.4) is 0 Å². The molecule has 2 atom stereocenters. The van der Waals surface area contributed by atoms with Gasteiger partial charge in [-0.25, -0.2) is 0 Å². The third kappa shape index (κ3) is 3.83. The molecule has 1 aliphatic carbocycles. The average molecular weight is 458 g/mol. The Bertz CT molecular complexity index is 943. The zero-order valence-corrected chi connectivity index (χ0v) is 19.2. The predicted molar refractivity (Wildman–Crippen MR) is 127 cm³/mol. The standard InChI is InChI=1S/C25H29Cl2N3O/c26-21-11-10-18(16-22(21)27)20-8-4-5-9-23(20)29-14-12-25(13-15-29)24(31)28-17-30(25)19-6-2-1-3-7-19/h1-3,6-7,10-11,16,20,23H,4-5,8-9,12-15,17H2,(H,28,31)/t20-,23-/m1/s1. The van der Waals surface area contributed by atoms with Gasteiger partial charge in [-0.1, -0.05) is 60.3 Å². The molecule has 2 aromatic carbocycles. The lowest BCUT2D eigenvalue weighted by Crippen LogP contribution is -2.58. The fourth-order valence-corrected chi connectivity index (χ4v) is 6.24. The van der Waals surface area contributed by atoms with E-state index in [4.69, 9.17) is 23.2 Å². The molecule has 1 amide bonds. The zero-order valence-electron chi connectivity index (χ0n) is 17.7. The van der Waals surface area contributed by atoms with E-state index in [-0.39, 0.29) is 5.91 Å². The van der Waals surface area contributed by atoms with Crippen LogP contribution in [0.2, 0.25) is 10.0 Å². The molecule has 6 heteroatoms. The van der Waals surface area contributed by atoms with Gasteiger partial charge in [0.05, 0.1) is 16.7 Å². The van der Waals surface area contributed by atoms with Crippen LogP contribution in [0.15, 0.2) is 48.5 Å². The monoisotopic (exact) mass is 457 g/mol. The minimum Gasteiger partial charge on any atom is -0.339 e. The van der Waals surface area contributed by atoms with Crippen LogP contribution in [0.5, 0.6) is 0 Å². The Balaban J connectivity index is 1.35. The average Bonchev–Trinajstić information content (AvgIpc) is 3.12. The number of piperidine rings is 1. The van der Waals surface area contributed by atoms with Gasteiger partial charge in [0.1, 0.15) is 5.54 Å². The van der Waals surface area contributed by atoms with E-state index in [1.807, 2.05) is 24.3 Å². The Labute approximate surface area is 194 Å². The number of halogens is 2. The molecular formula is C25H29Cl2N3O. The van der Waals surface area contributed by atoms with Crippen molar-refractivity contribution in [1.82, 2.24) is 10.2 Å². The summed E-state index contributed by atoms with van der Waals surface area (Å²) in [7, 11) is 0. The number of anilines is 1. The van der Waals surface area contributed by atoms with E-state index in [1.165, 1.54) is 31.2 Å². The van der Waals surface area contributed by atoms with Crippen molar-refractivity contribution in [3.05, 3.63) is 64.1 Å². The van der Waals surface area contributed by atoms with Crippen molar-refractivity contribution in [2.45, 2.75) is 56.0 Å². The molecule has 1 saturated carbocycles. The van der Waals surface area contributed by atoms with Crippen molar-refractivity contribution in [3.63, 3.8) is 0 Å². The number of amides is 1. The molecule has 5 rings (SSSR count). The van der Waals surface area contributed by atoms with E-state index < -0.39 is 5.54 Å². The van der Waals surface area contributed by atoms with Gasteiger partial charge in [0.15, 0.2) is 0 Å². The molecule has 2 aromatic rings. The SMILES string of the molecule is O=C1NCN(c2ccccc2)C12CCN([C@@H]1CCCC[C@@H]1c1ccc(Cl)c(Cl)c1)CC2. The highest BCUT2D eigenvalue weighted by molar-refractivity contribution is 6.42. The molecule has 3 fully saturated rings. The van der Waals surface area contributed by atoms with Crippen molar-refractivity contribution in [2.24, 2.45) is 0 Å². The number of hydrogen-bond donors (Lipinski definition) is 1. The summed E-state index contributed by atoms with van der Waals surface area (Å²) in [6, 6.07) is 17.0. The number of nitrogens with one attached hydrogen (secondary N) is 1. The molecule has 2 aliphatic heterocycles. The molecule has 1 spiro atoms. The van der Waals surface area contributed by atoms with Gasteiger partial charge in [0.25, 0.3) is 0 Å². The van der Waals surface area contributed by atoms with Crippen molar-refractivity contribution in [3.8, 4) is 0 Å². The highest BCUT2D eigenvalue weighted by Gasteiger charge is 2.51. The summed E-state index contributed by atoms with van der Waals surface area (Å²) in [5.41, 5.74) is 2.00. The molecule has 0 aromatic heterocycles. The second kappa shape index (κ2) is 8.65. The maximum Gasteiger partial charge on any atom is 0.247 e. The van der Waals surface area contributed by atoms with Crippen molar-refractivity contribution in [1.29, 1.82) is 0 Å². The fraction of sp³-hybridized carbons (Fsp3) is 0.480. The van der Waals surface area contributed by atoms with Crippen LogP contribution in [-0.4, -0.2) is 42.1 Å². The van der Waals surface area contributed by atoms with Gasteiger partial charge < -0.3 is 10.2 Å². The van der Waals surface area contributed by atoms with Crippen LogP contribution < -0.4 is 10.2 Å². The summed E-state index contributed by atoms with van der Waals surface area (Å²) < 4.78 is 0. The van der Waals surface area contributed by atoms with E-state index in [9.17, 15) is 4.79 Å². The van der Waals surface area contributed by atoms with Crippen molar-refractivity contribution < 1.29 is 4.79 Å². The predicted octanol–water partition coefficient (Wildman–Crippen LogP) is 5.45. The summed E-state index contributed by atoms with van der Waals surface area (Å²) in [6.07, 6.45) is 6.62. The number of hydrogen-bond acceptors (Lipinski definition) is 3. The second-order valence-electron chi connectivity index (χ2n) is 9.13. The lowest BCUT2D eigenvalue weighted by atomic mass is 9.77. The Morgan fingerprint density at radius 1 is 0.935 bits per heavy atom. The third-order valence-electron chi connectivity index (χ3n) is 7.60. The molecule has 0 radical (unpaired) electrons. The number of likely N-dealkylation sites (tertiary alicyclic amines) is 1. The number of carbonyl (C=O) groups is 1. The summed E-state index contributed by atoms with van der Waals surface area (Å²) in [6.45, 7) is 2.48. The molecule has 3 aliphatic rings. The van der Waals surface area contributed by atoms with Gasteiger partial charge in [-0.05, 0) is 61.4 Å². The van der Waals surface area contributed by atoms with Crippen LogP contribution in [-0.2, 0) is 4.79 Å². The summed E-state index contributed by atoms with van der Waals surface area (Å²) in [5.74, 6) is 0.654. The number of nitrogens with zero attached hydrogens (tertiary/aromatic N) is 2. The molecule has 0 unspecified atom stereocenters. The van der Waals surface area contributed by atoms with Crippen LogP contribution in [0.4, 0.5) is 5.69 Å². The topological polar surface area (TPSA) is 35.6 Å². The van der Waals surface area contributed by atoms with Crippen molar-refractivity contribution >= 4 is 34.8 Å². The molecule has 31 heavy (non-hydrogen) atoms. The first-order valence-electron chi connectivity index (χ1n) is 11.4. The molecule has 2 heterocycles. The first-order valence-corrected chi connectivity index (χ1v) is 12.1. The van der Waals surface area contributed by atoms with Gasteiger partial charge in [-0.2, -0.15) is 0 Å². The summed E-state index contributed by atoms with van der Waals surface area (Å²) in [4.78, 5) is 17.9. The Morgan fingerprint density at radius 3 is 2.42 bits per heavy atom. The summed E-state index contributed by atoms with van der Waals surface area (Å²) in [5, 5.41) is 4.37. The number of benzene rings is 2. The van der Waals surface area contributed by atoms with E-state index in [1.54, 1.807) is 0 Å². The van der Waals surface area contributed by atoms with Gasteiger partial charge in [-0.15, -0.1) is 0 Å². The first kappa shape index (κ1) is 21.1. The number of rotatable bonds is 3. The number of para-hydroxylation sites is 1. The molecular weight excluding hydrogens is 429 g/mol. The lowest BCUT2D eigenvalue weighted by Gasteiger charge is -2.48. The van der Waals surface area contributed by atoms with Crippen LogP contribution in [0.1, 0.15) is 50.0 Å². The smallest absolute Gasteiger partial charge is 0.247 e. The highest BCUT2D eigenvalue weighted by Crippen LogP contribution is 2.42. The lowest BCUT2D eigenvalue weighted by molar-refractivity contribution is -0.125. The van der Waals surface area contributed by atoms with E-state index in [0.29, 0.717) is 28.7 Å². The fourth-order valence-electron chi connectivity index (χ4n) is 5.94. The number of carbonyl (C=O) groups excluding carboxylic acids is 1. The normalized spacial score (nSPS) is 26.3. The minimum absolute atomic E-state index is 0.181. The van der Waals surface area contributed by atoms with Crippen LogP contribution >= 0.6 is 23.2 Å². The first-order chi connectivity index (χ1) is 15.1. The van der Waals surface area contributed by atoms with Gasteiger partial charge in [0.2, 0.25) is 5.91 Å². The van der Waals surface area contributed by atoms with Gasteiger partial charge in [-0.3, -0.25) is 9.69 Å². The molecule has 164 valence electrons. The van der Waals surface area contributed by atoms with E-state index in [0.717, 1.165) is 31.6 Å². The molecule has 0 bridgehead atoms. The zero-order chi connectivity index (χ0) is 21.4. The van der Waals surface area contributed by atoms with Gasteiger partial charge >= 0.3 is 0 Å². The molecule has 1 N–H and O–H groups in total. The van der Waals surface area contributed by atoms with Crippen molar-refractivity contribution in [2.75, 3.05) is 24.7 Å². The Morgan fingerprint density at radius 2 is 1.68 bits per heavy atom. The Hall–Kier alpha value is -1.75.